The molecule has 3 heterocycles. The molecule has 2 saturated heterocycles. The summed E-state index contributed by atoms with van der Waals surface area (Å²) in [6.45, 7) is 7.80. The molecular weight excluding hydrogens is 340 g/mol. The van der Waals surface area contributed by atoms with Crippen molar-refractivity contribution in [3.05, 3.63) is 17.5 Å². The molecule has 1 saturated carbocycles. The van der Waals surface area contributed by atoms with Gasteiger partial charge in [0.05, 0.1) is 5.69 Å². The van der Waals surface area contributed by atoms with Crippen LogP contribution in [0.1, 0.15) is 56.3 Å². The second kappa shape index (κ2) is 7.28. The zero-order valence-electron chi connectivity index (χ0n) is 16.7. The largest absolute Gasteiger partial charge is 0.342 e. The molecule has 1 aromatic rings. The van der Waals surface area contributed by atoms with Crippen LogP contribution in [-0.4, -0.2) is 57.6 Å². The Morgan fingerprint density at radius 1 is 1.15 bits per heavy atom. The van der Waals surface area contributed by atoms with Gasteiger partial charge in [0.15, 0.2) is 0 Å². The number of carbonyl (C=O) groups excluding carboxylic acids is 2. The highest BCUT2D eigenvalue weighted by Crippen LogP contribution is 2.42. The van der Waals surface area contributed by atoms with Gasteiger partial charge in [-0.15, -0.1) is 0 Å². The summed E-state index contributed by atoms with van der Waals surface area (Å²) in [5.74, 6) is 1.27. The van der Waals surface area contributed by atoms with Gasteiger partial charge in [-0.25, -0.2) is 0 Å². The molecule has 3 aliphatic rings. The fourth-order valence-corrected chi connectivity index (χ4v) is 4.75. The first-order valence-corrected chi connectivity index (χ1v) is 10.5. The first-order chi connectivity index (χ1) is 12.9. The lowest BCUT2D eigenvalue weighted by Gasteiger charge is -2.41. The fourth-order valence-electron chi connectivity index (χ4n) is 4.75. The number of aromatic nitrogens is 2. The van der Waals surface area contributed by atoms with Crippen LogP contribution >= 0.6 is 0 Å². The Morgan fingerprint density at radius 3 is 2.48 bits per heavy atom. The van der Waals surface area contributed by atoms with Crippen molar-refractivity contribution < 1.29 is 9.59 Å². The van der Waals surface area contributed by atoms with E-state index in [1.54, 1.807) is 0 Å². The monoisotopic (exact) mass is 372 g/mol. The SMILES string of the molecule is Cc1cc(C)n(CC(=O)N2CCC3(CCC(=O)N(CC4CC4)CC3)CC2)n1. The summed E-state index contributed by atoms with van der Waals surface area (Å²) in [6.07, 6.45) is 7.42. The Bertz CT molecular complexity index is 714. The molecule has 6 nitrogen and oxygen atoms in total. The van der Waals surface area contributed by atoms with Gasteiger partial charge in [-0.05, 0) is 69.8 Å². The molecule has 1 aliphatic carbocycles. The van der Waals surface area contributed by atoms with E-state index in [2.05, 4.69) is 10.00 Å². The van der Waals surface area contributed by atoms with Gasteiger partial charge >= 0.3 is 0 Å². The van der Waals surface area contributed by atoms with E-state index in [0.29, 0.717) is 18.9 Å². The van der Waals surface area contributed by atoms with Gasteiger partial charge < -0.3 is 9.80 Å². The Hall–Kier alpha value is -1.85. The van der Waals surface area contributed by atoms with Crippen LogP contribution in [0, 0.1) is 25.2 Å². The predicted molar refractivity (Wildman–Crippen MR) is 103 cm³/mol. The molecule has 1 spiro atoms. The van der Waals surface area contributed by atoms with E-state index >= 15 is 0 Å². The van der Waals surface area contributed by atoms with Crippen LogP contribution in [0.2, 0.25) is 0 Å². The summed E-state index contributed by atoms with van der Waals surface area (Å²) >= 11 is 0. The second-order valence-electron chi connectivity index (χ2n) is 9.00. The molecule has 27 heavy (non-hydrogen) atoms. The maximum atomic E-state index is 12.7. The molecule has 0 radical (unpaired) electrons. The van der Waals surface area contributed by atoms with Crippen molar-refractivity contribution in [1.82, 2.24) is 19.6 Å². The Labute approximate surface area is 161 Å². The normalized spacial score (nSPS) is 23.0. The molecule has 4 rings (SSSR count). The van der Waals surface area contributed by atoms with E-state index in [9.17, 15) is 9.59 Å². The average Bonchev–Trinajstić information content (AvgIpc) is 3.42. The molecule has 2 aliphatic heterocycles. The smallest absolute Gasteiger partial charge is 0.244 e. The van der Waals surface area contributed by atoms with Gasteiger partial charge in [-0.1, -0.05) is 0 Å². The molecule has 148 valence electrons. The lowest BCUT2D eigenvalue weighted by Crippen LogP contribution is -2.44. The van der Waals surface area contributed by atoms with Crippen molar-refractivity contribution in [1.29, 1.82) is 0 Å². The van der Waals surface area contributed by atoms with Crippen molar-refractivity contribution in [2.24, 2.45) is 11.3 Å². The van der Waals surface area contributed by atoms with Crippen LogP contribution in [-0.2, 0) is 16.1 Å². The zero-order valence-corrected chi connectivity index (χ0v) is 16.7. The van der Waals surface area contributed by atoms with Crippen molar-refractivity contribution in [2.75, 3.05) is 26.2 Å². The molecule has 0 aromatic carbocycles. The van der Waals surface area contributed by atoms with E-state index in [1.807, 2.05) is 29.5 Å². The minimum Gasteiger partial charge on any atom is -0.342 e. The summed E-state index contributed by atoms with van der Waals surface area (Å²) in [7, 11) is 0. The summed E-state index contributed by atoms with van der Waals surface area (Å²) < 4.78 is 1.81. The van der Waals surface area contributed by atoms with E-state index in [4.69, 9.17) is 0 Å². The Balaban J connectivity index is 1.31. The lowest BCUT2D eigenvalue weighted by molar-refractivity contribution is -0.135. The maximum Gasteiger partial charge on any atom is 0.244 e. The lowest BCUT2D eigenvalue weighted by atomic mass is 9.73. The molecular formula is C21H32N4O2. The fraction of sp³-hybridized carbons (Fsp3) is 0.762. The van der Waals surface area contributed by atoms with Crippen LogP contribution < -0.4 is 0 Å². The third kappa shape index (κ3) is 4.19. The Morgan fingerprint density at radius 2 is 1.85 bits per heavy atom. The van der Waals surface area contributed by atoms with E-state index < -0.39 is 0 Å². The van der Waals surface area contributed by atoms with Gasteiger partial charge in [-0.3, -0.25) is 14.3 Å². The van der Waals surface area contributed by atoms with Crippen LogP contribution in [0.25, 0.3) is 0 Å². The number of hydrogen-bond donors (Lipinski definition) is 0. The van der Waals surface area contributed by atoms with Gasteiger partial charge in [-0.2, -0.15) is 5.10 Å². The van der Waals surface area contributed by atoms with Gasteiger partial charge in [0.25, 0.3) is 0 Å². The third-order valence-corrected chi connectivity index (χ3v) is 6.87. The van der Waals surface area contributed by atoms with Gasteiger partial charge in [0, 0.05) is 38.3 Å². The second-order valence-corrected chi connectivity index (χ2v) is 9.00. The number of nitrogens with zero attached hydrogens (tertiary/aromatic N) is 4. The molecule has 0 N–H and O–H groups in total. The molecule has 2 amide bonds. The minimum atomic E-state index is 0.163. The van der Waals surface area contributed by atoms with E-state index in [-0.39, 0.29) is 11.3 Å². The number of rotatable bonds is 4. The van der Waals surface area contributed by atoms with Crippen molar-refractivity contribution >= 4 is 11.8 Å². The summed E-state index contributed by atoms with van der Waals surface area (Å²) in [6, 6.07) is 2.01. The third-order valence-electron chi connectivity index (χ3n) is 6.87. The predicted octanol–water partition coefficient (Wildman–Crippen LogP) is 2.53. The van der Waals surface area contributed by atoms with Crippen LogP contribution in [0.15, 0.2) is 6.07 Å². The molecule has 0 bridgehead atoms. The first-order valence-electron chi connectivity index (χ1n) is 10.5. The number of carbonyl (C=O) groups is 2. The summed E-state index contributed by atoms with van der Waals surface area (Å²) in [5, 5.41) is 4.41. The average molecular weight is 373 g/mol. The maximum absolute atomic E-state index is 12.7. The molecule has 0 atom stereocenters. The van der Waals surface area contributed by atoms with E-state index in [1.165, 1.54) is 12.8 Å². The van der Waals surface area contributed by atoms with Crippen molar-refractivity contribution in [2.45, 2.75) is 65.3 Å². The molecule has 0 unspecified atom stereocenters. The standard InChI is InChI=1S/C21H32N4O2/c1-16-13-17(2)25(22-16)15-20(27)23-10-7-21(8-11-23)6-5-19(26)24(12-9-21)14-18-3-4-18/h13,18H,3-12,14-15H2,1-2H3. The topological polar surface area (TPSA) is 58.4 Å². The molecule has 1 aromatic heterocycles. The van der Waals surface area contributed by atoms with Gasteiger partial charge in [0.2, 0.25) is 11.8 Å². The van der Waals surface area contributed by atoms with Gasteiger partial charge in [0.1, 0.15) is 6.54 Å². The highest BCUT2D eigenvalue weighted by Gasteiger charge is 2.39. The Kier molecular flexibility index (Phi) is 4.99. The van der Waals surface area contributed by atoms with Crippen LogP contribution in [0.5, 0.6) is 0 Å². The first kappa shape index (κ1) is 18.5. The number of piperidine rings is 1. The number of hydrogen-bond acceptors (Lipinski definition) is 3. The quantitative estimate of drug-likeness (QED) is 0.816. The van der Waals surface area contributed by atoms with Crippen molar-refractivity contribution in [3.63, 3.8) is 0 Å². The number of aryl methyl sites for hydroxylation is 2. The van der Waals surface area contributed by atoms with Crippen LogP contribution in [0.3, 0.4) is 0 Å². The summed E-state index contributed by atoms with van der Waals surface area (Å²) in [5.41, 5.74) is 2.24. The molecule has 3 fully saturated rings. The minimum absolute atomic E-state index is 0.163. The zero-order chi connectivity index (χ0) is 19.0. The van der Waals surface area contributed by atoms with Crippen molar-refractivity contribution in [3.8, 4) is 0 Å². The summed E-state index contributed by atoms with van der Waals surface area (Å²) in [4.78, 5) is 29.3. The highest BCUT2D eigenvalue weighted by atomic mass is 16.2. The van der Waals surface area contributed by atoms with Crippen LogP contribution in [0.4, 0.5) is 0 Å². The number of amides is 2. The molecule has 6 heteroatoms. The number of likely N-dealkylation sites (tertiary alicyclic amines) is 2. The highest BCUT2D eigenvalue weighted by molar-refractivity contribution is 5.77. The van der Waals surface area contributed by atoms with E-state index in [0.717, 1.165) is 69.2 Å².